The average Bonchev–Trinajstić information content (AvgIpc) is 3.21. The molecule has 11 heteroatoms. The number of carbonyl (C=O) groups is 1. The van der Waals surface area contributed by atoms with Crippen molar-refractivity contribution in [2.45, 2.75) is 26.8 Å². The number of fused-ring (bicyclic) bond motifs is 1. The highest BCUT2D eigenvalue weighted by Crippen LogP contribution is 2.33. The Hall–Kier alpha value is -4.69. The van der Waals surface area contributed by atoms with Gasteiger partial charge in [0.25, 0.3) is 11.2 Å². The number of esters is 1. The fourth-order valence-corrected chi connectivity index (χ4v) is 5.30. The molecule has 0 saturated carbocycles. The Kier molecular flexibility index (Phi) is 7.97. The van der Waals surface area contributed by atoms with Gasteiger partial charge in [-0.2, -0.15) is 0 Å². The Morgan fingerprint density at radius 2 is 2.05 bits per heavy atom. The number of nitro benzene ring substituents is 1. The summed E-state index contributed by atoms with van der Waals surface area (Å²) in [7, 11) is 1.52. The molecule has 0 N–H and O–H groups in total. The van der Waals surface area contributed by atoms with Crippen molar-refractivity contribution in [3.63, 3.8) is 0 Å². The third-order valence-electron chi connectivity index (χ3n) is 6.08. The molecular weight excluding hydrogens is 522 g/mol. The number of terminal acetylenes is 1. The summed E-state index contributed by atoms with van der Waals surface area (Å²) in [5.74, 6) is 2.76. The van der Waals surface area contributed by atoms with Gasteiger partial charge in [-0.1, -0.05) is 29.4 Å². The second-order valence-corrected chi connectivity index (χ2v) is 9.51. The molecule has 2 aromatic carbocycles. The third kappa shape index (κ3) is 5.32. The van der Waals surface area contributed by atoms with Gasteiger partial charge in [-0.15, -0.1) is 6.42 Å². The number of carbonyl (C=O) groups excluding carboxylic acids is 1. The summed E-state index contributed by atoms with van der Waals surface area (Å²) in [4.78, 5) is 43.0. The molecule has 0 bridgehead atoms. The first kappa shape index (κ1) is 27.3. The maximum atomic E-state index is 13.9. The summed E-state index contributed by atoms with van der Waals surface area (Å²) in [6.45, 7) is 5.07. The second kappa shape index (κ2) is 11.4. The second-order valence-electron chi connectivity index (χ2n) is 8.50. The van der Waals surface area contributed by atoms with E-state index in [1.165, 1.54) is 17.7 Å². The number of nitrogens with zero attached hydrogens (tertiary/aromatic N) is 3. The summed E-state index contributed by atoms with van der Waals surface area (Å²) in [6, 6.07) is 8.76. The molecule has 1 aliphatic heterocycles. The molecule has 39 heavy (non-hydrogen) atoms. The average molecular weight is 548 g/mol. The van der Waals surface area contributed by atoms with E-state index in [0.717, 1.165) is 11.3 Å². The summed E-state index contributed by atoms with van der Waals surface area (Å²) in [5.41, 5.74) is 1.32. The molecule has 0 spiro atoms. The molecule has 2 heterocycles. The number of nitro groups is 1. The molecule has 0 fully saturated rings. The van der Waals surface area contributed by atoms with E-state index in [9.17, 15) is 19.7 Å². The van der Waals surface area contributed by atoms with Crippen LogP contribution in [0.15, 0.2) is 57.5 Å². The molecule has 0 saturated heterocycles. The highest BCUT2D eigenvalue weighted by atomic mass is 32.1. The fourth-order valence-electron chi connectivity index (χ4n) is 4.26. The molecule has 10 nitrogen and oxygen atoms in total. The summed E-state index contributed by atoms with van der Waals surface area (Å²) in [6.07, 6.45) is 6.98. The van der Waals surface area contributed by atoms with Crippen LogP contribution in [0.2, 0.25) is 0 Å². The van der Waals surface area contributed by atoms with E-state index in [1.54, 1.807) is 57.2 Å². The van der Waals surface area contributed by atoms with E-state index < -0.39 is 22.5 Å². The Balaban J connectivity index is 1.99. The van der Waals surface area contributed by atoms with Gasteiger partial charge < -0.3 is 14.2 Å². The minimum atomic E-state index is -0.982. The van der Waals surface area contributed by atoms with Gasteiger partial charge >= 0.3 is 5.97 Å². The van der Waals surface area contributed by atoms with Gasteiger partial charge in [-0.3, -0.25) is 19.5 Å². The lowest BCUT2D eigenvalue weighted by atomic mass is 9.94. The highest BCUT2D eigenvalue weighted by Gasteiger charge is 2.34. The van der Waals surface area contributed by atoms with E-state index in [1.807, 2.05) is 0 Å². The number of ether oxygens (including phenoxy) is 3. The highest BCUT2D eigenvalue weighted by molar-refractivity contribution is 7.07. The minimum Gasteiger partial charge on any atom is -0.497 e. The number of allylic oxidation sites excluding steroid dienone is 1. The summed E-state index contributed by atoms with van der Waals surface area (Å²) in [5, 5.41) is 11.7. The normalized spacial score (nSPS) is 14.7. The molecule has 4 rings (SSSR count). The molecular formula is C28H25N3O7S. The van der Waals surface area contributed by atoms with Crippen LogP contribution in [-0.4, -0.2) is 35.8 Å². The van der Waals surface area contributed by atoms with Gasteiger partial charge in [0.2, 0.25) is 0 Å². The standard InChI is InChI=1S/C28H25N3O7S/c1-6-12-38-22-11-10-20(36-5)13-19(22)15-23-26(32)30-25(18-9-8-16(3)21(14-18)31(34)35)24(27(33)37-7-2)17(4)29-28(30)39-23/h1,8-11,13-15,25H,7,12H2,2-5H3/b23-15-/t25-/m1/s1. The number of thiazole rings is 1. The predicted molar refractivity (Wildman–Crippen MR) is 146 cm³/mol. The van der Waals surface area contributed by atoms with Crippen LogP contribution in [0.25, 0.3) is 6.08 Å². The van der Waals surface area contributed by atoms with Gasteiger partial charge in [0.15, 0.2) is 4.80 Å². The van der Waals surface area contributed by atoms with Crippen LogP contribution in [0.3, 0.4) is 0 Å². The number of hydrogen-bond donors (Lipinski definition) is 0. The smallest absolute Gasteiger partial charge is 0.338 e. The molecule has 1 aromatic heterocycles. The molecule has 0 unspecified atom stereocenters. The van der Waals surface area contributed by atoms with Crippen molar-refractivity contribution in [3.8, 4) is 23.8 Å². The number of aromatic nitrogens is 1. The quantitative estimate of drug-likeness (QED) is 0.184. The van der Waals surface area contributed by atoms with Crippen molar-refractivity contribution < 1.29 is 23.9 Å². The third-order valence-corrected chi connectivity index (χ3v) is 7.06. The van der Waals surface area contributed by atoms with Gasteiger partial charge in [0.1, 0.15) is 18.1 Å². The zero-order valence-electron chi connectivity index (χ0n) is 21.7. The fraction of sp³-hybridized carbons (Fsp3) is 0.250. The Bertz CT molecular complexity index is 1730. The maximum Gasteiger partial charge on any atom is 0.338 e. The molecule has 200 valence electrons. The van der Waals surface area contributed by atoms with Crippen molar-refractivity contribution in [2.24, 2.45) is 4.99 Å². The number of hydrogen-bond acceptors (Lipinski definition) is 9. The number of methoxy groups -OCH3 is 1. The van der Waals surface area contributed by atoms with Crippen LogP contribution < -0.4 is 24.4 Å². The number of rotatable bonds is 8. The van der Waals surface area contributed by atoms with Crippen LogP contribution in [0.4, 0.5) is 5.69 Å². The molecule has 1 aliphatic rings. The SMILES string of the molecule is C#CCOc1ccc(OC)cc1/C=c1\sc2n(c1=O)[C@H](c1ccc(C)c([N+](=O)[O-])c1)C(C(=O)OCC)=C(C)N=2. The molecule has 0 aliphatic carbocycles. The number of aryl methyl sites for hydroxylation is 1. The van der Waals surface area contributed by atoms with E-state index in [2.05, 4.69) is 10.9 Å². The molecule has 3 aromatic rings. The molecule has 0 radical (unpaired) electrons. The van der Waals surface area contributed by atoms with Gasteiger partial charge in [-0.05, 0) is 50.6 Å². The lowest BCUT2D eigenvalue weighted by Crippen LogP contribution is -2.40. The van der Waals surface area contributed by atoms with Crippen LogP contribution >= 0.6 is 11.3 Å². The van der Waals surface area contributed by atoms with Gasteiger partial charge in [0, 0.05) is 17.2 Å². The first-order valence-corrected chi connectivity index (χ1v) is 12.7. The number of benzene rings is 2. The topological polar surface area (TPSA) is 122 Å². The zero-order chi connectivity index (χ0) is 28.3. The van der Waals surface area contributed by atoms with Crippen molar-refractivity contribution in [3.05, 3.63) is 94.2 Å². The first-order chi connectivity index (χ1) is 18.7. The molecule has 0 amide bonds. The Morgan fingerprint density at radius 3 is 2.72 bits per heavy atom. The van der Waals surface area contributed by atoms with Crippen molar-refractivity contribution >= 4 is 29.1 Å². The van der Waals surface area contributed by atoms with E-state index in [4.69, 9.17) is 20.6 Å². The van der Waals surface area contributed by atoms with Crippen LogP contribution in [0.5, 0.6) is 11.5 Å². The van der Waals surface area contributed by atoms with Crippen LogP contribution in [0, 0.1) is 29.4 Å². The van der Waals surface area contributed by atoms with Crippen LogP contribution in [-0.2, 0) is 9.53 Å². The van der Waals surface area contributed by atoms with Crippen molar-refractivity contribution in [1.82, 2.24) is 4.57 Å². The Morgan fingerprint density at radius 1 is 1.28 bits per heavy atom. The largest absolute Gasteiger partial charge is 0.497 e. The van der Waals surface area contributed by atoms with Crippen molar-refractivity contribution in [2.75, 3.05) is 20.3 Å². The first-order valence-electron chi connectivity index (χ1n) is 11.9. The van der Waals surface area contributed by atoms with Crippen LogP contribution in [0.1, 0.15) is 36.6 Å². The maximum absolute atomic E-state index is 13.9. The van der Waals surface area contributed by atoms with E-state index >= 15 is 0 Å². The van der Waals surface area contributed by atoms with E-state index in [-0.39, 0.29) is 24.5 Å². The minimum absolute atomic E-state index is 0.0305. The monoisotopic (exact) mass is 547 g/mol. The zero-order valence-corrected chi connectivity index (χ0v) is 22.5. The van der Waals surface area contributed by atoms with Gasteiger partial charge in [0.05, 0.1) is 40.5 Å². The lowest BCUT2D eigenvalue weighted by molar-refractivity contribution is -0.385. The summed E-state index contributed by atoms with van der Waals surface area (Å²) < 4.78 is 17.9. The Labute approximate surface area is 227 Å². The molecule has 1 atom stereocenters. The lowest BCUT2D eigenvalue weighted by Gasteiger charge is -2.24. The summed E-state index contributed by atoms with van der Waals surface area (Å²) >= 11 is 1.12. The van der Waals surface area contributed by atoms with Crippen molar-refractivity contribution in [1.29, 1.82) is 0 Å². The van der Waals surface area contributed by atoms with Gasteiger partial charge in [-0.25, -0.2) is 9.79 Å². The predicted octanol–water partition coefficient (Wildman–Crippen LogP) is 3.04. The van der Waals surface area contributed by atoms with E-state index in [0.29, 0.717) is 43.2 Å².